The minimum Gasteiger partial charge on any atom is -0.465 e. The lowest BCUT2D eigenvalue weighted by atomic mass is 10.1. The van der Waals surface area contributed by atoms with Crippen LogP contribution in [0.15, 0.2) is 36.9 Å². The maximum absolute atomic E-state index is 11.7. The number of nitrogens with zero attached hydrogens (tertiary/aromatic N) is 4. The number of aliphatic hydroxyl groups excluding tert-OH is 3. The van der Waals surface area contributed by atoms with Gasteiger partial charge in [-0.1, -0.05) is 12.1 Å². The molecular formula is C19H21N5O7. The SMILES string of the molecule is COC(=O)c1cccc(COn2cnc3c(ncn3[C@@H]3O[C@H](CO)[C@@H](O)[C@H]3O)c2=N)c1. The van der Waals surface area contributed by atoms with Crippen LogP contribution in [0.5, 0.6) is 0 Å². The van der Waals surface area contributed by atoms with Gasteiger partial charge in [-0.25, -0.2) is 14.8 Å². The summed E-state index contributed by atoms with van der Waals surface area (Å²) < 4.78 is 12.7. The van der Waals surface area contributed by atoms with Crippen molar-refractivity contribution in [1.29, 1.82) is 5.41 Å². The van der Waals surface area contributed by atoms with E-state index in [9.17, 15) is 20.1 Å². The number of aromatic nitrogens is 4. The fourth-order valence-corrected chi connectivity index (χ4v) is 3.36. The number of esters is 1. The summed E-state index contributed by atoms with van der Waals surface area (Å²) in [6.45, 7) is -0.395. The highest BCUT2D eigenvalue weighted by atomic mass is 16.7. The van der Waals surface area contributed by atoms with Gasteiger partial charge in [0.2, 0.25) is 0 Å². The molecule has 0 amide bonds. The molecule has 12 nitrogen and oxygen atoms in total. The van der Waals surface area contributed by atoms with Crippen molar-refractivity contribution in [2.24, 2.45) is 0 Å². The molecule has 0 unspecified atom stereocenters. The van der Waals surface area contributed by atoms with Crippen molar-refractivity contribution in [3.05, 3.63) is 53.5 Å². The smallest absolute Gasteiger partial charge is 0.337 e. The van der Waals surface area contributed by atoms with E-state index in [2.05, 4.69) is 9.97 Å². The van der Waals surface area contributed by atoms with Crippen LogP contribution >= 0.6 is 0 Å². The van der Waals surface area contributed by atoms with Gasteiger partial charge in [0, 0.05) is 0 Å². The molecule has 1 aliphatic rings. The molecule has 2 aromatic heterocycles. The van der Waals surface area contributed by atoms with Gasteiger partial charge in [-0.15, -0.1) is 0 Å². The highest BCUT2D eigenvalue weighted by Crippen LogP contribution is 2.30. The van der Waals surface area contributed by atoms with Crippen LogP contribution < -0.4 is 10.3 Å². The van der Waals surface area contributed by atoms with E-state index >= 15 is 0 Å². The molecule has 0 spiro atoms. The molecule has 0 aliphatic carbocycles. The van der Waals surface area contributed by atoms with Crippen molar-refractivity contribution in [2.75, 3.05) is 13.7 Å². The summed E-state index contributed by atoms with van der Waals surface area (Å²) in [5, 5.41) is 37.8. The Labute approximate surface area is 175 Å². The molecule has 1 fully saturated rings. The highest BCUT2D eigenvalue weighted by Gasteiger charge is 2.44. The molecule has 1 aliphatic heterocycles. The van der Waals surface area contributed by atoms with E-state index in [4.69, 9.17) is 19.7 Å². The van der Waals surface area contributed by atoms with E-state index in [1.54, 1.807) is 24.3 Å². The van der Waals surface area contributed by atoms with E-state index in [1.807, 2.05) is 0 Å². The molecule has 4 atom stereocenters. The number of aliphatic hydroxyl groups is 3. The van der Waals surface area contributed by atoms with Gasteiger partial charge in [0.1, 0.15) is 31.2 Å². The van der Waals surface area contributed by atoms with Crippen LogP contribution in [0.3, 0.4) is 0 Å². The zero-order valence-corrected chi connectivity index (χ0v) is 16.5. The van der Waals surface area contributed by atoms with Gasteiger partial charge < -0.3 is 29.6 Å². The first-order chi connectivity index (χ1) is 14.9. The molecule has 3 aromatic rings. The number of hydrogen-bond acceptors (Lipinski definition) is 10. The van der Waals surface area contributed by atoms with Crippen molar-refractivity contribution in [3.63, 3.8) is 0 Å². The second kappa shape index (κ2) is 8.43. The molecule has 0 radical (unpaired) electrons. The Morgan fingerprint density at radius 3 is 2.77 bits per heavy atom. The number of benzene rings is 1. The number of fused-ring (bicyclic) bond motifs is 1. The van der Waals surface area contributed by atoms with Crippen LogP contribution in [-0.4, -0.2) is 72.6 Å². The van der Waals surface area contributed by atoms with E-state index in [1.165, 1.54) is 24.3 Å². The summed E-state index contributed by atoms with van der Waals surface area (Å²) in [7, 11) is 1.30. The molecule has 0 bridgehead atoms. The number of carbonyl (C=O) groups excluding carboxylic acids is 1. The lowest BCUT2D eigenvalue weighted by Crippen LogP contribution is -2.33. The number of ether oxygens (including phenoxy) is 2. The lowest BCUT2D eigenvalue weighted by Gasteiger charge is -2.16. The van der Waals surface area contributed by atoms with E-state index in [0.717, 1.165) is 4.73 Å². The monoisotopic (exact) mass is 431 g/mol. The topological polar surface area (TPSA) is 165 Å². The predicted molar refractivity (Wildman–Crippen MR) is 102 cm³/mol. The van der Waals surface area contributed by atoms with Crippen molar-refractivity contribution >= 4 is 17.1 Å². The van der Waals surface area contributed by atoms with Gasteiger partial charge in [0.15, 0.2) is 22.9 Å². The normalized spacial score (nSPS) is 23.2. The number of carbonyl (C=O) groups is 1. The Morgan fingerprint density at radius 1 is 1.26 bits per heavy atom. The average Bonchev–Trinajstić information content (AvgIpc) is 3.34. The van der Waals surface area contributed by atoms with Gasteiger partial charge in [-0.05, 0) is 17.7 Å². The minimum atomic E-state index is -1.30. The average molecular weight is 431 g/mol. The van der Waals surface area contributed by atoms with Crippen LogP contribution in [-0.2, 0) is 16.1 Å². The third-order valence-corrected chi connectivity index (χ3v) is 5.01. The Hall–Kier alpha value is -3.32. The number of methoxy groups -OCH3 is 1. The molecule has 4 rings (SSSR count). The number of nitrogens with one attached hydrogen (secondary N) is 1. The molecule has 0 saturated carbocycles. The van der Waals surface area contributed by atoms with Gasteiger partial charge in [0.05, 0.1) is 25.6 Å². The molecular weight excluding hydrogens is 410 g/mol. The highest BCUT2D eigenvalue weighted by molar-refractivity contribution is 5.89. The fraction of sp³-hybridized carbons (Fsp3) is 0.368. The first kappa shape index (κ1) is 20.9. The van der Waals surface area contributed by atoms with Crippen LogP contribution in [0.4, 0.5) is 0 Å². The Bertz CT molecular complexity index is 1160. The summed E-state index contributed by atoms with van der Waals surface area (Å²) in [4.78, 5) is 25.7. The van der Waals surface area contributed by atoms with Crippen molar-refractivity contribution in [1.82, 2.24) is 19.3 Å². The summed E-state index contributed by atoms with van der Waals surface area (Å²) in [6, 6.07) is 6.70. The Kier molecular flexibility index (Phi) is 5.69. The second-order valence-corrected chi connectivity index (χ2v) is 6.94. The van der Waals surface area contributed by atoms with Gasteiger partial charge in [-0.2, -0.15) is 4.73 Å². The third-order valence-electron chi connectivity index (χ3n) is 5.01. The zero-order valence-electron chi connectivity index (χ0n) is 16.5. The molecule has 1 aromatic carbocycles. The first-order valence-electron chi connectivity index (χ1n) is 9.36. The van der Waals surface area contributed by atoms with Crippen molar-refractivity contribution in [3.8, 4) is 0 Å². The zero-order chi connectivity index (χ0) is 22.1. The summed E-state index contributed by atoms with van der Waals surface area (Å²) >= 11 is 0. The fourth-order valence-electron chi connectivity index (χ4n) is 3.36. The number of imidazole rings is 1. The standard InChI is InChI=1S/C19H21N5O7/c1-29-19(28)11-4-2-3-10(5-11)7-30-24-9-22-17-13(16(24)20)21-8-23(17)18-15(27)14(26)12(6-25)31-18/h2-5,8-9,12,14-15,18,20,25-27H,6-7H2,1H3/t12-,14-,15-,18-/m1/s1. The number of hydrogen-bond donors (Lipinski definition) is 4. The molecule has 1 saturated heterocycles. The van der Waals surface area contributed by atoms with Crippen LogP contribution in [0.1, 0.15) is 22.1 Å². The summed E-state index contributed by atoms with van der Waals surface area (Å²) in [5.41, 5.74) is 1.40. The minimum absolute atomic E-state index is 0.0596. The van der Waals surface area contributed by atoms with Crippen molar-refractivity contribution in [2.45, 2.75) is 31.1 Å². The maximum atomic E-state index is 11.7. The second-order valence-electron chi connectivity index (χ2n) is 6.94. The van der Waals surface area contributed by atoms with Crippen LogP contribution in [0.2, 0.25) is 0 Å². The Morgan fingerprint density at radius 2 is 2.06 bits per heavy atom. The number of rotatable bonds is 6. The summed E-state index contributed by atoms with van der Waals surface area (Å²) in [6.07, 6.45) is -1.90. The van der Waals surface area contributed by atoms with Crippen LogP contribution in [0, 0.1) is 5.41 Å². The maximum Gasteiger partial charge on any atom is 0.337 e. The molecule has 12 heteroatoms. The molecule has 164 valence electrons. The van der Waals surface area contributed by atoms with Crippen LogP contribution in [0.25, 0.3) is 11.2 Å². The van der Waals surface area contributed by atoms with Gasteiger partial charge in [-0.3, -0.25) is 9.98 Å². The van der Waals surface area contributed by atoms with E-state index < -0.39 is 37.1 Å². The predicted octanol–water partition coefficient (Wildman–Crippen LogP) is -1.26. The quantitative estimate of drug-likeness (QED) is 0.349. The largest absolute Gasteiger partial charge is 0.465 e. The first-order valence-corrected chi connectivity index (χ1v) is 9.36. The summed E-state index contributed by atoms with van der Waals surface area (Å²) in [5.74, 6) is -0.464. The molecule has 4 N–H and O–H groups in total. The molecule has 31 heavy (non-hydrogen) atoms. The van der Waals surface area contributed by atoms with E-state index in [-0.39, 0.29) is 23.3 Å². The van der Waals surface area contributed by atoms with Gasteiger partial charge >= 0.3 is 5.97 Å². The lowest BCUT2D eigenvalue weighted by molar-refractivity contribution is -0.0511. The van der Waals surface area contributed by atoms with Gasteiger partial charge in [0.25, 0.3) is 0 Å². The van der Waals surface area contributed by atoms with E-state index in [0.29, 0.717) is 11.1 Å². The third kappa shape index (κ3) is 3.77. The molecule has 3 heterocycles. The van der Waals surface area contributed by atoms with Crippen molar-refractivity contribution < 1.29 is 34.4 Å². The Balaban J connectivity index is 1.56.